The van der Waals surface area contributed by atoms with E-state index in [1.54, 1.807) is 0 Å². The van der Waals surface area contributed by atoms with Gasteiger partial charge < -0.3 is 10.4 Å². The monoisotopic (exact) mass is 240 g/mol. The van der Waals surface area contributed by atoms with Gasteiger partial charge in [0.05, 0.1) is 11.8 Å². The van der Waals surface area contributed by atoms with Crippen LogP contribution in [0.1, 0.15) is 26.2 Å². The van der Waals surface area contributed by atoms with Crippen LogP contribution in [0.25, 0.3) is 0 Å². The number of nitrogens with one attached hydrogen (secondary N) is 1. The Hall–Kier alpha value is -1.10. The highest BCUT2D eigenvalue weighted by Crippen LogP contribution is 2.38. The van der Waals surface area contributed by atoms with Crippen LogP contribution in [0.15, 0.2) is 0 Å². The van der Waals surface area contributed by atoms with E-state index in [0.717, 1.165) is 19.5 Å². The number of hydrogen-bond donors (Lipinski definition) is 2. The van der Waals surface area contributed by atoms with Gasteiger partial charge >= 0.3 is 5.97 Å². The number of aliphatic carboxylic acids is 1. The zero-order valence-electron chi connectivity index (χ0n) is 10.2. The Labute approximate surface area is 101 Å². The lowest BCUT2D eigenvalue weighted by Gasteiger charge is -2.22. The molecule has 0 aromatic heterocycles. The van der Waals surface area contributed by atoms with E-state index >= 15 is 0 Å². The Morgan fingerprint density at radius 1 is 1.41 bits per heavy atom. The first-order chi connectivity index (χ1) is 8.13. The van der Waals surface area contributed by atoms with E-state index in [-0.39, 0.29) is 11.8 Å². The van der Waals surface area contributed by atoms with Crippen molar-refractivity contribution in [1.29, 1.82) is 0 Å². The van der Waals surface area contributed by atoms with Gasteiger partial charge in [-0.1, -0.05) is 6.92 Å². The van der Waals surface area contributed by atoms with E-state index in [2.05, 4.69) is 17.1 Å². The normalized spacial score (nSPS) is 32.4. The fourth-order valence-corrected chi connectivity index (χ4v) is 2.65. The van der Waals surface area contributed by atoms with Crippen molar-refractivity contribution in [2.75, 3.05) is 19.6 Å². The van der Waals surface area contributed by atoms with Crippen molar-refractivity contribution in [2.24, 2.45) is 11.8 Å². The highest BCUT2D eigenvalue weighted by molar-refractivity contribution is 5.89. The third-order valence-electron chi connectivity index (χ3n) is 3.86. The third-order valence-corrected chi connectivity index (χ3v) is 3.86. The summed E-state index contributed by atoms with van der Waals surface area (Å²) in [5, 5.41) is 11.6. The number of carbonyl (C=O) groups excluding carboxylic acids is 1. The van der Waals surface area contributed by atoms with Crippen molar-refractivity contribution >= 4 is 11.9 Å². The summed E-state index contributed by atoms with van der Waals surface area (Å²) < 4.78 is 0. The second kappa shape index (κ2) is 5.04. The average Bonchev–Trinajstić information content (AvgIpc) is 2.99. The van der Waals surface area contributed by atoms with Gasteiger partial charge in [0.15, 0.2) is 0 Å². The second-order valence-electron chi connectivity index (χ2n) is 4.96. The zero-order valence-corrected chi connectivity index (χ0v) is 10.2. The predicted octanol–water partition coefficient (Wildman–Crippen LogP) is 0.308. The van der Waals surface area contributed by atoms with Gasteiger partial charge in [0.2, 0.25) is 5.91 Å². The van der Waals surface area contributed by atoms with E-state index < -0.39 is 11.9 Å². The van der Waals surface area contributed by atoms with E-state index in [0.29, 0.717) is 19.0 Å². The van der Waals surface area contributed by atoms with Crippen LogP contribution >= 0.6 is 0 Å². The molecule has 0 bridgehead atoms. The van der Waals surface area contributed by atoms with E-state index in [9.17, 15) is 9.59 Å². The summed E-state index contributed by atoms with van der Waals surface area (Å²) in [5.41, 5.74) is 0. The van der Waals surface area contributed by atoms with Crippen molar-refractivity contribution < 1.29 is 14.7 Å². The van der Waals surface area contributed by atoms with Gasteiger partial charge in [0, 0.05) is 12.6 Å². The molecule has 3 unspecified atom stereocenters. The van der Waals surface area contributed by atoms with Crippen LogP contribution in [0.3, 0.4) is 0 Å². The molecule has 96 valence electrons. The number of carboxylic acid groups (broad SMARTS) is 1. The topological polar surface area (TPSA) is 69.6 Å². The SMILES string of the molecule is CCN1CCCC1CNC(=O)C1CC1C(=O)O. The Morgan fingerprint density at radius 3 is 2.76 bits per heavy atom. The minimum absolute atomic E-state index is 0.0830. The molecule has 2 N–H and O–H groups in total. The minimum Gasteiger partial charge on any atom is -0.481 e. The zero-order chi connectivity index (χ0) is 12.4. The molecule has 1 aliphatic heterocycles. The Bertz CT molecular complexity index is 319. The molecule has 0 aromatic rings. The average molecular weight is 240 g/mol. The Morgan fingerprint density at radius 2 is 2.18 bits per heavy atom. The van der Waals surface area contributed by atoms with Crippen LogP contribution in [0, 0.1) is 11.8 Å². The molecule has 3 atom stereocenters. The number of carboxylic acids is 1. The predicted molar refractivity (Wildman–Crippen MR) is 62.5 cm³/mol. The smallest absolute Gasteiger partial charge is 0.307 e. The van der Waals surface area contributed by atoms with Crippen LogP contribution in [0.4, 0.5) is 0 Å². The van der Waals surface area contributed by atoms with Gasteiger partial charge in [-0.05, 0) is 32.4 Å². The summed E-state index contributed by atoms with van der Waals surface area (Å²) in [6, 6.07) is 0.436. The summed E-state index contributed by atoms with van der Waals surface area (Å²) in [5.74, 6) is -1.66. The first-order valence-electron chi connectivity index (χ1n) is 6.38. The minimum atomic E-state index is -0.846. The van der Waals surface area contributed by atoms with Crippen molar-refractivity contribution in [3.05, 3.63) is 0 Å². The highest BCUT2D eigenvalue weighted by Gasteiger charge is 2.48. The van der Waals surface area contributed by atoms with Crippen LogP contribution in [-0.2, 0) is 9.59 Å². The van der Waals surface area contributed by atoms with Gasteiger partial charge in [-0.3, -0.25) is 14.5 Å². The molecule has 1 saturated heterocycles. The van der Waals surface area contributed by atoms with Gasteiger partial charge in [-0.2, -0.15) is 0 Å². The number of rotatable bonds is 5. The first kappa shape index (κ1) is 12.4. The number of likely N-dealkylation sites (tertiary alicyclic amines) is 1. The maximum atomic E-state index is 11.7. The first-order valence-corrected chi connectivity index (χ1v) is 6.38. The molecule has 2 aliphatic rings. The molecule has 17 heavy (non-hydrogen) atoms. The Balaban J connectivity index is 1.72. The van der Waals surface area contributed by atoms with Crippen molar-refractivity contribution in [2.45, 2.75) is 32.2 Å². The molecule has 0 spiro atoms. The van der Waals surface area contributed by atoms with E-state index in [1.165, 1.54) is 6.42 Å². The number of carbonyl (C=O) groups is 2. The van der Waals surface area contributed by atoms with Crippen molar-refractivity contribution in [3.63, 3.8) is 0 Å². The van der Waals surface area contributed by atoms with Crippen molar-refractivity contribution in [1.82, 2.24) is 10.2 Å². The maximum Gasteiger partial charge on any atom is 0.307 e. The lowest BCUT2D eigenvalue weighted by atomic mass is 10.2. The molecule has 1 saturated carbocycles. The Kier molecular flexibility index (Phi) is 3.66. The fourth-order valence-electron chi connectivity index (χ4n) is 2.65. The summed E-state index contributed by atoms with van der Waals surface area (Å²) in [6.45, 7) is 4.91. The molecule has 1 aliphatic carbocycles. The summed E-state index contributed by atoms with van der Waals surface area (Å²) >= 11 is 0. The molecule has 5 heteroatoms. The molecule has 5 nitrogen and oxygen atoms in total. The van der Waals surface area contributed by atoms with Crippen LogP contribution in [-0.4, -0.2) is 47.6 Å². The third kappa shape index (κ3) is 2.77. The highest BCUT2D eigenvalue weighted by atomic mass is 16.4. The fraction of sp³-hybridized carbons (Fsp3) is 0.833. The van der Waals surface area contributed by atoms with Crippen LogP contribution < -0.4 is 5.32 Å². The molecular formula is C12H20N2O3. The summed E-state index contributed by atoms with van der Waals surface area (Å²) in [4.78, 5) is 24.7. The van der Waals surface area contributed by atoms with Gasteiger partial charge in [0.1, 0.15) is 0 Å². The number of hydrogen-bond acceptors (Lipinski definition) is 3. The second-order valence-corrected chi connectivity index (χ2v) is 4.96. The molecule has 2 fully saturated rings. The van der Waals surface area contributed by atoms with E-state index in [4.69, 9.17) is 5.11 Å². The molecule has 1 amide bonds. The molecule has 2 rings (SSSR count). The number of likely N-dealkylation sites (N-methyl/N-ethyl adjacent to an activating group) is 1. The number of nitrogens with zero attached hydrogens (tertiary/aromatic N) is 1. The van der Waals surface area contributed by atoms with Gasteiger partial charge in [0.25, 0.3) is 0 Å². The molecular weight excluding hydrogens is 220 g/mol. The standard InChI is InChI=1S/C12H20N2O3/c1-2-14-5-3-4-8(14)7-13-11(15)9-6-10(9)12(16)17/h8-10H,2-7H2,1H3,(H,13,15)(H,16,17). The lowest BCUT2D eigenvalue weighted by Crippen LogP contribution is -2.40. The quantitative estimate of drug-likeness (QED) is 0.725. The van der Waals surface area contributed by atoms with Gasteiger partial charge in [-0.15, -0.1) is 0 Å². The maximum absolute atomic E-state index is 11.7. The van der Waals surface area contributed by atoms with Gasteiger partial charge in [-0.25, -0.2) is 0 Å². The molecule has 0 aromatic carbocycles. The summed E-state index contributed by atoms with van der Waals surface area (Å²) in [7, 11) is 0. The largest absolute Gasteiger partial charge is 0.481 e. The number of amides is 1. The molecule has 0 radical (unpaired) electrons. The summed E-state index contributed by atoms with van der Waals surface area (Å²) in [6.07, 6.45) is 2.82. The van der Waals surface area contributed by atoms with Crippen molar-refractivity contribution in [3.8, 4) is 0 Å². The van der Waals surface area contributed by atoms with Crippen LogP contribution in [0.2, 0.25) is 0 Å². The molecule has 1 heterocycles. The van der Waals surface area contributed by atoms with Crippen LogP contribution in [0.5, 0.6) is 0 Å². The lowest BCUT2D eigenvalue weighted by molar-refractivity contribution is -0.140. The van der Waals surface area contributed by atoms with E-state index in [1.807, 2.05) is 0 Å².